The van der Waals surface area contributed by atoms with Gasteiger partial charge in [0.1, 0.15) is 17.2 Å². The van der Waals surface area contributed by atoms with E-state index in [1.807, 2.05) is 60.7 Å². The van der Waals surface area contributed by atoms with Gasteiger partial charge < -0.3 is 24.1 Å². The molecule has 0 saturated carbocycles. The van der Waals surface area contributed by atoms with Crippen molar-refractivity contribution in [2.75, 3.05) is 33.9 Å². The van der Waals surface area contributed by atoms with Crippen molar-refractivity contribution in [2.45, 2.75) is 12.8 Å². The summed E-state index contributed by atoms with van der Waals surface area (Å²) in [6, 6.07) is 23.6. The fraction of sp³-hybridized carbons (Fsp3) is 0.276. The van der Waals surface area contributed by atoms with Crippen LogP contribution in [0.1, 0.15) is 12.0 Å². The topological polar surface area (TPSA) is 61.7 Å². The molecule has 4 aromatic rings. The summed E-state index contributed by atoms with van der Waals surface area (Å²) in [6.07, 6.45) is 1.84. The van der Waals surface area contributed by atoms with Crippen molar-refractivity contribution in [1.82, 2.24) is 9.88 Å². The Hall–Kier alpha value is -3.77. The van der Waals surface area contributed by atoms with Crippen LogP contribution in [0.2, 0.25) is 0 Å². The molecule has 0 radical (unpaired) electrons. The van der Waals surface area contributed by atoms with Crippen LogP contribution in [0.5, 0.6) is 17.2 Å². The highest BCUT2D eigenvalue weighted by Gasteiger charge is 2.10. The second-order valence-corrected chi connectivity index (χ2v) is 8.39. The third-order valence-corrected chi connectivity index (χ3v) is 6.13. The second kappa shape index (κ2) is 11.6. The van der Waals surface area contributed by atoms with Crippen LogP contribution in [0.15, 0.2) is 77.6 Å². The Morgan fingerprint density at radius 1 is 0.857 bits per heavy atom. The van der Waals surface area contributed by atoms with Gasteiger partial charge in [0.25, 0.3) is 5.56 Å². The number of para-hydroxylation sites is 1. The van der Waals surface area contributed by atoms with Gasteiger partial charge in [-0.3, -0.25) is 4.79 Å². The molecular weight excluding hydrogens is 440 g/mol. The second-order valence-electron chi connectivity index (χ2n) is 8.39. The zero-order valence-corrected chi connectivity index (χ0v) is 20.5. The third-order valence-electron chi connectivity index (χ3n) is 6.13. The van der Waals surface area contributed by atoms with Crippen LogP contribution < -0.4 is 25.1 Å². The molecule has 6 heteroatoms. The molecule has 35 heavy (non-hydrogen) atoms. The largest absolute Gasteiger partial charge is 0.497 e. The number of hydrogen-bond acceptors (Lipinski definition) is 5. The lowest BCUT2D eigenvalue weighted by Gasteiger charge is -2.12. The quantitative estimate of drug-likeness (QED) is 0.317. The molecule has 0 fully saturated rings. The first-order valence-electron chi connectivity index (χ1n) is 11.8. The first-order valence-corrected chi connectivity index (χ1v) is 11.8. The summed E-state index contributed by atoms with van der Waals surface area (Å²) in [5.74, 6) is 2.43. The number of pyridine rings is 1. The first-order chi connectivity index (χ1) is 17.1. The fourth-order valence-corrected chi connectivity index (χ4v) is 4.15. The molecule has 0 bridgehead atoms. The molecule has 0 amide bonds. The van der Waals surface area contributed by atoms with E-state index >= 15 is 0 Å². The van der Waals surface area contributed by atoms with Gasteiger partial charge in [-0.05, 0) is 91.0 Å². The van der Waals surface area contributed by atoms with Crippen LogP contribution in [0.4, 0.5) is 0 Å². The van der Waals surface area contributed by atoms with Gasteiger partial charge in [0.15, 0.2) is 0 Å². The lowest BCUT2D eigenvalue weighted by atomic mass is 10.1. The molecule has 4 rings (SSSR count). The lowest BCUT2D eigenvalue weighted by molar-refractivity contribution is 0.308. The number of aromatic nitrogens is 1. The van der Waals surface area contributed by atoms with E-state index in [0.717, 1.165) is 54.1 Å². The van der Waals surface area contributed by atoms with Crippen molar-refractivity contribution in [1.29, 1.82) is 0 Å². The van der Waals surface area contributed by atoms with Gasteiger partial charge in [0, 0.05) is 7.05 Å². The number of nitrogens with one attached hydrogen (secondary N) is 1. The monoisotopic (exact) mass is 472 g/mol. The summed E-state index contributed by atoms with van der Waals surface area (Å²) < 4.78 is 18.2. The maximum absolute atomic E-state index is 12.9. The SMILES string of the molecule is COc1ccc2cc(-c3ccc(OCCCNCCc4ccccc4OC)cc3)n(C)c(=O)c2c1. The molecule has 0 atom stereocenters. The number of hydrogen-bond donors (Lipinski definition) is 1. The zero-order valence-electron chi connectivity index (χ0n) is 20.5. The van der Waals surface area contributed by atoms with Crippen LogP contribution in [0.3, 0.4) is 0 Å². The molecule has 0 saturated heterocycles. The summed E-state index contributed by atoms with van der Waals surface area (Å²) in [5.41, 5.74) is 2.99. The molecule has 0 aliphatic carbocycles. The molecule has 1 heterocycles. The maximum atomic E-state index is 12.9. The van der Waals surface area contributed by atoms with E-state index in [1.54, 1.807) is 31.9 Å². The molecule has 3 aromatic carbocycles. The fourth-order valence-electron chi connectivity index (χ4n) is 4.15. The van der Waals surface area contributed by atoms with E-state index in [9.17, 15) is 4.79 Å². The highest BCUT2D eigenvalue weighted by molar-refractivity contribution is 5.86. The van der Waals surface area contributed by atoms with Crippen LogP contribution in [-0.4, -0.2) is 38.5 Å². The van der Waals surface area contributed by atoms with Gasteiger partial charge in [-0.1, -0.05) is 24.3 Å². The van der Waals surface area contributed by atoms with Crippen molar-refractivity contribution >= 4 is 10.8 Å². The summed E-state index contributed by atoms with van der Waals surface area (Å²) in [6.45, 7) is 2.42. The van der Waals surface area contributed by atoms with Crippen LogP contribution in [0.25, 0.3) is 22.0 Å². The van der Waals surface area contributed by atoms with E-state index < -0.39 is 0 Å². The molecule has 0 spiro atoms. The van der Waals surface area contributed by atoms with E-state index in [4.69, 9.17) is 14.2 Å². The van der Waals surface area contributed by atoms with Crippen LogP contribution >= 0.6 is 0 Å². The number of benzene rings is 3. The normalized spacial score (nSPS) is 10.9. The minimum Gasteiger partial charge on any atom is -0.497 e. The molecule has 1 N–H and O–H groups in total. The highest BCUT2D eigenvalue weighted by Crippen LogP contribution is 2.26. The van der Waals surface area contributed by atoms with Gasteiger partial charge >= 0.3 is 0 Å². The van der Waals surface area contributed by atoms with E-state index in [-0.39, 0.29) is 5.56 Å². The summed E-state index contributed by atoms with van der Waals surface area (Å²) in [7, 11) is 5.10. The number of methoxy groups -OCH3 is 2. The molecule has 0 aliphatic rings. The highest BCUT2D eigenvalue weighted by atomic mass is 16.5. The number of nitrogens with zero attached hydrogens (tertiary/aromatic N) is 1. The summed E-state index contributed by atoms with van der Waals surface area (Å²) in [5, 5.41) is 5.00. The zero-order chi connectivity index (χ0) is 24.6. The molecule has 1 aromatic heterocycles. The Morgan fingerprint density at radius 2 is 1.63 bits per heavy atom. The Morgan fingerprint density at radius 3 is 2.40 bits per heavy atom. The smallest absolute Gasteiger partial charge is 0.258 e. The van der Waals surface area contributed by atoms with Crippen molar-refractivity contribution < 1.29 is 14.2 Å². The first kappa shape index (κ1) is 24.4. The Balaban J connectivity index is 1.28. The molecule has 0 unspecified atom stereocenters. The minimum absolute atomic E-state index is 0.0464. The predicted molar refractivity (Wildman–Crippen MR) is 141 cm³/mol. The maximum Gasteiger partial charge on any atom is 0.258 e. The lowest BCUT2D eigenvalue weighted by Crippen LogP contribution is -2.20. The van der Waals surface area contributed by atoms with Crippen molar-refractivity contribution in [3.05, 3.63) is 88.7 Å². The van der Waals surface area contributed by atoms with Gasteiger partial charge in [-0.2, -0.15) is 0 Å². The van der Waals surface area contributed by atoms with Crippen molar-refractivity contribution in [3.8, 4) is 28.5 Å². The Labute approximate surface area is 206 Å². The van der Waals surface area contributed by atoms with Gasteiger partial charge in [0.05, 0.1) is 31.9 Å². The Kier molecular flexibility index (Phi) is 8.06. The average Bonchev–Trinajstić information content (AvgIpc) is 2.90. The average molecular weight is 473 g/mol. The third kappa shape index (κ3) is 5.84. The summed E-state index contributed by atoms with van der Waals surface area (Å²) in [4.78, 5) is 12.9. The summed E-state index contributed by atoms with van der Waals surface area (Å²) >= 11 is 0. The van der Waals surface area contributed by atoms with Crippen molar-refractivity contribution in [3.63, 3.8) is 0 Å². The number of fused-ring (bicyclic) bond motifs is 1. The van der Waals surface area contributed by atoms with Crippen LogP contribution in [-0.2, 0) is 13.5 Å². The van der Waals surface area contributed by atoms with E-state index in [1.165, 1.54) is 5.56 Å². The van der Waals surface area contributed by atoms with Crippen molar-refractivity contribution in [2.24, 2.45) is 7.05 Å². The standard InChI is InChI=1S/C29H32N2O4/c1-31-27(19-23-11-14-25(33-2)20-26(23)29(31)32)21-9-12-24(13-10-21)35-18-6-16-30-17-15-22-7-4-5-8-28(22)34-3/h4-5,7-14,19-20,30H,6,15-18H2,1-3H3. The van der Waals surface area contributed by atoms with Gasteiger partial charge in [-0.15, -0.1) is 0 Å². The molecule has 6 nitrogen and oxygen atoms in total. The van der Waals surface area contributed by atoms with E-state index in [0.29, 0.717) is 17.7 Å². The molecule has 0 aliphatic heterocycles. The van der Waals surface area contributed by atoms with Crippen LogP contribution in [0, 0.1) is 0 Å². The van der Waals surface area contributed by atoms with E-state index in [2.05, 4.69) is 11.4 Å². The van der Waals surface area contributed by atoms with Gasteiger partial charge in [0.2, 0.25) is 0 Å². The minimum atomic E-state index is -0.0464. The molecular formula is C29H32N2O4. The number of rotatable bonds is 11. The van der Waals surface area contributed by atoms with Gasteiger partial charge in [-0.25, -0.2) is 0 Å². The molecule has 182 valence electrons. The number of ether oxygens (including phenoxy) is 3. The predicted octanol–water partition coefficient (Wildman–Crippen LogP) is 4.82. The Bertz CT molecular complexity index is 1330.